The van der Waals surface area contributed by atoms with E-state index in [1.54, 1.807) is 17.7 Å². The Balaban J connectivity index is 2.35. The van der Waals surface area contributed by atoms with Gasteiger partial charge in [0, 0.05) is 0 Å². The lowest BCUT2D eigenvalue weighted by molar-refractivity contribution is 1.18. The molecular formula is C6H8N2S. The van der Waals surface area contributed by atoms with Crippen LogP contribution in [0.2, 0.25) is 0 Å². The molecule has 0 aromatic carbocycles. The molecule has 0 radical (unpaired) electrons. The molecule has 1 aromatic rings. The summed E-state index contributed by atoms with van der Waals surface area (Å²) in [6, 6.07) is 0. The Morgan fingerprint density at radius 2 is 2.44 bits per heavy atom. The van der Waals surface area contributed by atoms with Gasteiger partial charge < -0.3 is 5.73 Å². The van der Waals surface area contributed by atoms with Crippen molar-refractivity contribution >= 4 is 17.2 Å². The first-order chi connectivity index (χ1) is 4.38. The molecule has 9 heavy (non-hydrogen) atoms. The lowest BCUT2D eigenvalue weighted by Gasteiger charge is -1.88. The summed E-state index contributed by atoms with van der Waals surface area (Å²) in [6.45, 7) is 0. The van der Waals surface area contributed by atoms with E-state index in [1.807, 2.05) is 0 Å². The Kier molecular flexibility index (Phi) is 0.990. The zero-order valence-corrected chi connectivity index (χ0v) is 5.82. The van der Waals surface area contributed by atoms with Gasteiger partial charge in [0.2, 0.25) is 0 Å². The predicted molar refractivity (Wildman–Crippen MR) is 38.5 cm³/mol. The minimum atomic E-state index is 0.762. The van der Waals surface area contributed by atoms with E-state index in [0.29, 0.717) is 0 Å². The normalized spacial score (nSPS) is 18.2. The smallest absolute Gasteiger partial charge is 0.0662 e. The molecule has 0 atom stereocenters. The molecule has 1 heterocycles. The van der Waals surface area contributed by atoms with Crippen LogP contribution in [-0.2, 0) is 0 Å². The van der Waals surface area contributed by atoms with Gasteiger partial charge in [-0.25, -0.2) is 0 Å². The van der Waals surface area contributed by atoms with Crippen LogP contribution in [0.5, 0.6) is 0 Å². The first-order valence-electron chi connectivity index (χ1n) is 3.08. The van der Waals surface area contributed by atoms with Gasteiger partial charge in [-0.05, 0) is 30.3 Å². The third-order valence-corrected chi connectivity index (χ3v) is 2.55. The van der Waals surface area contributed by atoms with Crippen LogP contribution in [0, 0.1) is 0 Å². The molecule has 0 bridgehead atoms. The molecule has 48 valence electrons. The average molecular weight is 140 g/mol. The van der Waals surface area contributed by atoms with E-state index in [0.717, 1.165) is 11.6 Å². The van der Waals surface area contributed by atoms with Crippen molar-refractivity contribution in [3.05, 3.63) is 11.1 Å². The summed E-state index contributed by atoms with van der Waals surface area (Å²) in [7, 11) is 0. The summed E-state index contributed by atoms with van der Waals surface area (Å²) in [6.07, 6.45) is 4.37. The highest BCUT2D eigenvalue weighted by Gasteiger charge is 2.26. The van der Waals surface area contributed by atoms with Gasteiger partial charge in [-0.3, -0.25) is 0 Å². The zero-order chi connectivity index (χ0) is 6.27. The van der Waals surface area contributed by atoms with Crippen LogP contribution in [0.15, 0.2) is 6.20 Å². The van der Waals surface area contributed by atoms with Gasteiger partial charge in [0.05, 0.1) is 16.8 Å². The fourth-order valence-electron chi connectivity index (χ4n) is 0.912. The second-order valence-electron chi connectivity index (χ2n) is 2.42. The topological polar surface area (TPSA) is 38.9 Å². The van der Waals surface area contributed by atoms with Crippen molar-refractivity contribution < 1.29 is 0 Å². The Labute approximate surface area is 57.9 Å². The van der Waals surface area contributed by atoms with Crippen molar-refractivity contribution in [2.45, 2.75) is 18.8 Å². The number of nitrogens with two attached hydrogens (primary N) is 1. The molecule has 1 fully saturated rings. The molecule has 3 heteroatoms. The molecule has 0 unspecified atom stereocenters. The SMILES string of the molecule is Nc1cnsc1C1CC1. The highest BCUT2D eigenvalue weighted by Crippen LogP contribution is 2.44. The summed E-state index contributed by atoms with van der Waals surface area (Å²) in [5.74, 6) is 0.762. The molecule has 2 N–H and O–H groups in total. The van der Waals surface area contributed by atoms with E-state index in [1.165, 1.54) is 17.7 Å². The predicted octanol–water partition coefficient (Wildman–Crippen LogP) is 1.60. The van der Waals surface area contributed by atoms with Crippen LogP contribution in [0.1, 0.15) is 23.6 Å². The van der Waals surface area contributed by atoms with Crippen molar-refractivity contribution in [2.75, 3.05) is 5.73 Å². The second kappa shape index (κ2) is 1.70. The van der Waals surface area contributed by atoms with E-state index < -0.39 is 0 Å². The highest BCUT2D eigenvalue weighted by molar-refractivity contribution is 7.06. The van der Waals surface area contributed by atoms with E-state index >= 15 is 0 Å². The van der Waals surface area contributed by atoms with Crippen molar-refractivity contribution in [2.24, 2.45) is 0 Å². The number of aromatic nitrogens is 1. The minimum Gasteiger partial charge on any atom is -0.397 e. The summed E-state index contributed by atoms with van der Waals surface area (Å²) >= 11 is 1.55. The molecule has 1 aromatic heterocycles. The van der Waals surface area contributed by atoms with Gasteiger partial charge >= 0.3 is 0 Å². The quantitative estimate of drug-likeness (QED) is 0.643. The van der Waals surface area contributed by atoms with E-state index in [2.05, 4.69) is 4.37 Å². The number of nitrogen functional groups attached to an aromatic ring is 1. The van der Waals surface area contributed by atoms with Crippen LogP contribution in [0.4, 0.5) is 5.69 Å². The standard InChI is InChI=1S/C6H8N2S/c7-5-3-8-9-6(5)4-1-2-4/h3-4H,1-2,7H2. The highest BCUT2D eigenvalue weighted by atomic mass is 32.1. The Morgan fingerprint density at radius 1 is 1.67 bits per heavy atom. The summed E-state index contributed by atoms with van der Waals surface area (Å²) < 4.78 is 4.00. The molecule has 2 rings (SSSR count). The number of hydrogen-bond donors (Lipinski definition) is 1. The lowest BCUT2D eigenvalue weighted by atomic mass is 10.3. The Hall–Kier alpha value is -0.570. The first-order valence-corrected chi connectivity index (χ1v) is 3.85. The third-order valence-electron chi connectivity index (χ3n) is 1.58. The van der Waals surface area contributed by atoms with Crippen LogP contribution in [-0.4, -0.2) is 4.37 Å². The summed E-state index contributed by atoms with van der Waals surface area (Å²) in [4.78, 5) is 1.30. The first kappa shape index (κ1) is 5.23. The van der Waals surface area contributed by atoms with Gasteiger partial charge in [-0.1, -0.05) is 0 Å². The van der Waals surface area contributed by atoms with Crippen LogP contribution in [0.3, 0.4) is 0 Å². The number of nitrogens with zero attached hydrogens (tertiary/aromatic N) is 1. The summed E-state index contributed by atoms with van der Waals surface area (Å²) in [5.41, 5.74) is 6.52. The third kappa shape index (κ3) is 0.812. The largest absolute Gasteiger partial charge is 0.397 e. The minimum absolute atomic E-state index is 0.762. The molecular weight excluding hydrogens is 132 g/mol. The van der Waals surface area contributed by atoms with Crippen molar-refractivity contribution in [3.8, 4) is 0 Å². The Bertz CT molecular complexity index is 215. The van der Waals surface area contributed by atoms with Crippen molar-refractivity contribution in [1.29, 1.82) is 0 Å². The van der Waals surface area contributed by atoms with Crippen molar-refractivity contribution in [1.82, 2.24) is 4.37 Å². The maximum atomic E-state index is 5.63. The molecule has 1 saturated carbocycles. The maximum Gasteiger partial charge on any atom is 0.0662 e. The zero-order valence-electron chi connectivity index (χ0n) is 5.00. The second-order valence-corrected chi connectivity index (χ2v) is 3.25. The molecule has 2 nitrogen and oxygen atoms in total. The maximum absolute atomic E-state index is 5.63. The van der Waals surface area contributed by atoms with Gasteiger partial charge in [-0.2, -0.15) is 4.37 Å². The van der Waals surface area contributed by atoms with Gasteiger partial charge in [0.15, 0.2) is 0 Å². The van der Waals surface area contributed by atoms with Crippen LogP contribution < -0.4 is 5.73 Å². The van der Waals surface area contributed by atoms with Gasteiger partial charge in [0.1, 0.15) is 0 Å². The average Bonchev–Trinajstić information content (AvgIpc) is 2.58. The molecule has 1 aliphatic carbocycles. The fourth-order valence-corrected chi connectivity index (χ4v) is 1.73. The van der Waals surface area contributed by atoms with Gasteiger partial charge in [0.25, 0.3) is 0 Å². The molecule has 0 spiro atoms. The van der Waals surface area contributed by atoms with E-state index in [4.69, 9.17) is 5.73 Å². The lowest BCUT2D eigenvalue weighted by Crippen LogP contribution is -1.84. The molecule has 1 aliphatic rings. The molecule has 0 amide bonds. The van der Waals surface area contributed by atoms with Gasteiger partial charge in [-0.15, -0.1) is 0 Å². The number of hydrogen-bond acceptors (Lipinski definition) is 3. The van der Waals surface area contributed by atoms with Crippen LogP contribution in [0.25, 0.3) is 0 Å². The van der Waals surface area contributed by atoms with Crippen LogP contribution >= 0.6 is 11.5 Å². The monoisotopic (exact) mass is 140 g/mol. The summed E-state index contributed by atoms with van der Waals surface area (Å²) in [5, 5.41) is 0. The molecule has 0 aliphatic heterocycles. The Morgan fingerprint density at radius 3 is 2.89 bits per heavy atom. The fraction of sp³-hybridized carbons (Fsp3) is 0.500. The number of anilines is 1. The number of rotatable bonds is 1. The molecule has 0 saturated heterocycles. The van der Waals surface area contributed by atoms with E-state index in [-0.39, 0.29) is 0 Å². The van der Waals surface area contributed by atoms with Crippen molar-refractivity contribution in [3.63, 3.8) is 0 Å². The van der Waals surface area contributed by atoms with E-state index in [9.17, 15) is 0 Å².